The van der Waals surface area contributed by atoms with Crippen LogP contribution in [0.4, 0.5) is 0 Å². The molecule has 0 aliphatic heterocycles. The van der Waals surface area contributed by atoms with Crippen LogP contribution in [0.25, 0.3) is 27.6 Å². The lowest BCUT2D eigenvalue weighted by Crippen LogP contribution is -1.80. The molecule has 0 radical (unpaired) electrons. The number of pyridine rings is 1. The third kappa shape index (κ3) is 0.852. The summed E-state index contributed by atoms with van der Waals surface area (Å²) in [4.78, 5) is 4.62. The molecular weight excluding hydrogens is 200 g/mol. The Morgan fingerprint density at radius 3 is 3.06 bits per heavy atom. The fourth-order valence-electron chi connectivity index (χ4n) is 2.17. The Labute approximate surface area is 90.9 Å². The lowest BCUT2D eigenvalue weighted by Gasteiger charge is -1.93. The maximum Gasteiger partial charge on any atom is 0.137 e. The molecule has 0 N–H and O–H groups in total. The summed E-state index contributed by atoms with van der Waals surface area (Å²) in [6.45, 7) is 0. The molecule has 3 heterocycles. The van der Waals surface area contributed by atoms with E-state index in [4.69, 9.17) is 4.42 Å². The minimum absolute atomic E-state index is 0.885. The summed E-state index contributed by atoms with van der Waals surface area (Å²) in [6.07, 6.45) is 3.73. The van der Waals surface area contributed by atoms with Crippen molar-refractivity contribution >= 4 is 27.6 Å². The minimum atomic E-state index is 0.885. The van der Waals surface area contributed by atoms with Crippen LogP contribution in [0.3, 0.4) is 0 Å². The van der Waals surface area contributed by atoms with Crippen molar-refractivity contribution < 1.29 is 4.42 Å². The highest BCUT2D eigenvalue weighted by Gasteiger charge is 2.08. The van der Waals surface area contributed by atoms with Gasteiger partial charge in [-0.3, -0.25) is 4.40 Å². The highest BCUT2D eigenvalue weighted by Crippen LogP contribution is 2.26. The van der Waals surface area contributed by atoms with Crippen molar-refractivity contribution in [1.29, 1.82) is 0 Å². The first-order valence-electron chi connectivity index (χ1n) is 5.16. The maximum atomic E-state index is 5.37. The van der Waals surface area contributed by atoms with Crippen LogP contribution in [-0.2, 0) is 0 Å². The molecule has 0 aliphatic rings. The van der Waals surface area contributed by atoms with E-state index < -0.39 is 0 Å². The van der Waals surface area contributed by atoms with Crippen LogP contribution < -0.4 is 0 Å². The molecule has 3 aromatic heterocycles. The van der Waals surface area contributed by atoms with Gasteiger partial charge in [-0.1, -0.05) is 6.07 Å². The van der Waals surface area contributed by atoms with E-state index in [0.717, 1.165) is 27.6 Å². The van der Waals surface area contributed by atoms with Crippen molar-refractivity contribution in [3.05, 3.63) is 48.9 Å². The number of hydrogen-bond acceptors (Lipinski definition) is 2. The molecule has 76 valence electrons. The Balaban J connectivity index is 2.38. The summed E-state index contributed by atoms with van der Waals surface area (Å²) in [5.41, 5.74) is 3.96. The van der Waals surface area contributed by atoms with Crippen LogP contribution in [-0.4, -0.2) is 9.38 Å². The highest BCUT2D eigenvalue weighted by molar-refractivity contribution is 6.03. The van der Waals surface area contributed by atoms with E-state index in [9.17, 15) is 0 Å². The van der Waals surface area contributed by atoms with Crippen molar-refractivity contribution in [3.8, 4) is 0 Å². The number of hydrogen-bond donors (Lipinski definition) is 0. The second kappa shape index (κ2) is 2.64. The van der Waals surface area contributed by atoms with Crippen LogP contribution in [0, 0.1) is 0 Å². The van der Waals surface area contributed by atoms with Crippen LogP contribution in [0.5, 0.6) is 0 Å². The number of aromatic nitrogens is 2. The molecule has 0 amide bonds. The lowest BCUT2D eigenvalue weighted by atomic mass is 10.2. The zero-order chi connectivity index (χ0) is 10.5. The molecule has 0 fully saturated rings. The minimum Gasteiger partial charge on any atom is -0.464 e. The molecule has 0 saturated carbocycles. The van der Waals surface area contributed by atoms with Crippen molar-refractivity contribution in [3.63, 3.8) is 0 Å². The fraction of sp³-hybridized carbons (Fsp3) is 0. The first-order chi connectivity index (χ1) is 7.93. The molecule has 0 atom stereocenters. The van der Waals surface area contributed by atoms with Gasteiger partial charge in [0.2, 0.25) is 0 Å². The number of benzene rings is 1. The number of furan rings is 1. The first-order valence-corrected chi connectivity index (χ1v) is 5.16. The Hall–Kier alpha value is -2.29. The average Bonchev–Trinajstić information content (AvgIpc) is 2.92. The maximum absolute atomic E-state index is 5.37. The first kappa shape index (κ1) is 7.93. The van der Waals surface area contributed by atoms with E-state index >= 15 is 0 Å². The third-order valence-electron chi connectivity index (χ3n) is 2.91. The van der Waals surface area contributed by atoms with Gasteiger partial charge in [-0.2, -0.15) is 0 Å². The summed E-state index contributed by atoms with van der Waals surface area (Å²) in [7, 11) is 0. The highest BCUT2D eigenvalue weighted by atomic mass is 16.3. The van der Waals surface area contributed by atoms with Gasteiger partial charge < -0.3 is 4.42 Å². The Kier molecular flexibility index (Phi) is 1.31. The summed E-state index contributed by atoms with van der Waals surface area (Å²) in [5, 5.41) is 1.07. The zero-order valence-corrected chi connectivity index (χ0v) is 8.42. The predicted octanol–water partition coefficient (Wildman–Crippen LogP) is 3.23. The van der Waals surface area contributed by atoms with Crippen molar-refractivity contribution in [1.82, 2.24) is 9.38 Å². The molecule has 16 heavy (non-hydrogen) atoms. The molecule has 4 aromatic rings. The summed E-state index contributed by atoms with van der Waals surface area (Å²) in [6, 6.07) is 12.0. The Bertz CT molecular complexity index is 810. The topological polar surface area (TPSA) is 30.4 Å². The number of rotatable bonds is 0. The molecular formula is C13H8N2O. The van der Waals surface area contributed by atoms with E-state index in [1.54, 1.807) is 6.26 Å². The second-order valence-electron chi connectivity index (χ2n) is 3.81. The molecule has 0 saturated heterocycles. The van der Waals surface area contributed by atoms with Gasteiger partial charge in [0.25, 0.3) is 0 Å². The van der Waals surface area contributed by atoms with Gasteiger partial charge in [0.15, 0.2) is 0 Å². The molecule has 3 nitrogen and oxygen atoms in total. The summed E-state index contributed by atoms with van der Waals surface area (Å²) >= 11 is 0. The van der Waals surface area contributed by atoms with Crippen LogP contribution in [0.15, 0.2) is 53.3 Å². The lowest BCUT2D eigenvalue weighted by molar-refractivity contribution is 0.616. The molecule has 0 aliphatic carbocycles. The van der Waals surface area contributed by atoms with Gasteiger partial charge >= 0.3 is 0 Å². The standard InChI is InChI=1S/C13H8N2O/c1-2-7-15-10-4-5-11-9(6-8-16-11)13(10)14-12(15)3-1/h1-8H. The molecule has 3 heteroatoms. The molecule has 1 aromatic carbocycles. The van der Waals surface area contributed by atoms with Gasteiger partial charge in [0, 0.05) is 11.6 Å². The Morgan fingerprint density at radius 2 is 2.06 bits per heavy atom. The van der Waals surface area contributed by atoms with E-state index in [-0.39, 0.29) is 0 Å². The van der Waals surface area contributed by atoms with E-state index in [1.807, 2.05) is 42.6 Å². The van der Waals surface area contributed by atoms with Crippen molar-refractivity contribution in [2.75, 3.05) is 0 Å². The van der Waals surface area contributed by atoms with Gasteiger partial charge in [-0.05, 0) is 30.3 Å². The third-order valence-corrected chi connectivity index (χ3v) is 2.91. The van der Waals surface area contributed by atoms with Crippen LogP contribution >= 0.6 is 0 Å². The average molecular weight is 208 g/mol. The molecule has 0 bridgehead atoms. The van der Waals surface area contributed by atoms with Crippen LogP contribution in [0.2, 0.25) is 0 Å². The van der Waals surface area contributed by atoms with E-state index in [1.165, 1.54) is 0 Å². The van der Waals surface area contributed by atoms with Crippen LogP contribution in [0.1, 0.15) is 0 Å². The molecule has 0 unspecified atom stereocenters. The molecule has 4 rings (SSSR count). The number of imidazole rings is 1. The smallest absolute Gasteiger partial charge is 0.137 e. The normalized spacial score (nSPS) is 11.8. The molecule has 0 spiro atoms. The van der Waals surface area contributed by atoms with Gasteiger partial charge in [-0.15, -0.1) is 0 Å². The predicted molar refractivity (Wildman–Crippen MR) is 62.5 cm³/mol. The zero-order valence-electron chi connectivity index (χ0n) is 8.42. The SMILES string of the molecule is c1ccn2c(c1)nc1c3ccoc3ccc12. The quantitative estimate of drug-likeness (QED) is 0.444. The van der Waals surface area contributed by atoms with E-state index in [0.29, 0.717) is 0 Å². The van der Waals surface area contributed by atoms with Gasteiger partial charge in [0.1, 0.15) is 16.7 Å². The summed E-state index contributed by atoms with van der Waals surface area (Å²) in [5.74, 6) is 0. The van der Waals surface area contributed by atoms with Crippen molar-refractivity contribution in [2.24, 2.45) is 0 Å². The van der Waals surface area contributed by atoms with E-state index in [2.05, 4.69) is 9.38 Å². The second-order valence-corrected chi connectivity index (χ2v) is 3.81. The van der Waals surface area contributed by atoms with Gasteiger partial charge in [-0.25, -0.2) is 4.98 Å². The fourth-order valence-corrected chi connectivity index (χ4v) is 2.17. The van der Waals surface area contributed by atoms with Gasteiger partial charge in [0.05, 0.1) is 11.8 Å². The Morgan fingerprint density at radius 1 is 1.06 bits per heavy atom. The largest absolute Gasteiger partial charge is 0.464 e. The number of fused-ring (bicyclic) bond motifs is 5. The van der Waals surface area contributed by atoms with Crippen molar-refractivity contribution in [2.45, 2.75) is 0 Å². The monoisotopic (exact) mass is 208 g/mol. The number of nitrogens with zero attached hydrogens (tertiary/aromatic N) is 2. The summed E-state index contributed by atoms with van der Waals surface area (Å²) < 4.78 is 7.46.